The molecule has 132 valence electrons. The second-order valence-corrected chi connectivity index (χ2v) is 6.70. The largest absolute Gasteiger partial charge is 0.496 e. The number of amides is 1. The third-order valence-electron chi connectivity index (χ3n) is 4.70. The number of methoxy groups -OCH3 is 1. The van der Waals surface area contributed by atoms with Crippen molar-refractivity contribution in [1.29, 1.82) is 0 Å². The Bertz CT molecular complexity index is 790. The number of nitrogens with one attached hydrogen (secondary N) is 1. The summed E-state index contributed by atoms with van der Waals surface area (Å²) in [5, 5.41) is 3.06. The van der Waals surface area contributed by atoms with Crippen LogP contribution in [0.1, 0.15) is 29.8 Å². The Hall–Kier alpha value is -2.63. The van der Waals surface area contributed by atoms with Crippen LogP contribution in [0.3, 0.4) is 0 Å². The smallest absolute Gasteiger partial charge is 0.235 e. The van der Waals surface area contributed by atoms with Crippen LogP contribution in [0.4, 0.5) is 11.6 Å². The number of carbonyl (C=O) groups is 1. The van der Waals surface area contributed by atoms with E-state index in [9.17, 15) is 4.79 Å². The maximum absolute atomic E-state index is 13.1. The van der Waals surface area contributed by atoms with Gasteiger partial charge in [-0.3, -0.25) is 4.79 Å². The molecule has 0 spiro atoms. The standard InChI is InChI=1S/C19H24N4O2/c1-12-16(13(2)21-18(20-12)23(3)4)22-17(24)19(10-11-19)14-8-6-7-9-15(14)25-5/h6-9H,10-11H2,1-5H3,(H,22,24). The number of aryl methyl sites for hydroxylation is 2. The first-order valence-corrected chi connectivity index (χ1v) is 8.36. The molecule has 1 aromatic carbocycles. The highest BCUT2D eigenvalue weighted by atomic mass is 16.5. The average molecular weight is 340 g/mol. The zero-order chi connectivity index (χ0) is 18.2. The van der Waals surface area contributed by atoms with Crippen LogP contribution in [0.5, 0.6) is 5.75 Å². The number of para-hydroxylation sites is 1. The molecular formula is C19H24N4O2. The second kappa shape index (κ2) is 6.35. The molecule has 0 bridgehead atoms. The van der Waals surface area contributed by atoms with E-state index < -0.39 is 5.41 Å². The van der Waals surface area contributed by atoms with E-state index in [1.54, 1.807) is 7.11 Å². The van der Waals surface area contributed by atoms with Crippen molar-refractivity contribution in [3.8, 4) is 5.75 Å². The predicted octanol–water partition coefficient (Wildman–Crippen LogP) is 2.84. The number of rotatable bonds is 5. The number of anilines is 2. The van der Waals surface area contributed by atoms with Gasteiger partial charge in [0.2, 0.25) is 11.9 Å². The van der Waals surface area contributed by atoms with Crippen LogP contribution in [0.2, 0.25) is 0 Å². The number of nitrogens with zero attached hydrogens (tertiary/aromatic N) is 3. The van der Waals surface area contributed by atoms with Crippen LogP contribution in [0, 0.1) is 13.8 Å². The molecule has 0 saturated heterocycles. The van der Waals surface area contributed by atoms with Gasteiger partial charge in [-0.25, -0.2) is 9.97 Å². The molecule has 0 radical (unpaired) electrons. The lowest BCUT2D eigenvalue weighted by atomic mass is 9.93. The van der Waals surface area contributed by atoms with Gasteiger partial charge in [-0.05, 0) is 32.8 Å². The quantitative estimate of drug-likeness (QED) is 0.906. The van der Waals surface area contributed by atoms with Crippen molar-refractivity contribution in [3.05, 3.63) is 41.2 Å². The molecule has 6 nitrogen and oxygen atoms in total. The highest BCUT2D eigenvalue weighted by molar-refractivity contribution is 6.02. The molecule has 2 aromatic rings. The fourth-order valence-corrected chi connectivity index (χ4v) is 3.10. The Labute approximate surface area is 148 Å². The van der Waals surface area contributed by atoms with Gasteiger partial charge >= 0.3 is 0 Å². The first-order valence-electron chi connectivity index (χ1n) is 8.36. The highest BCUT2D eigenvalue weighted by Gasteiger charge is 2.53. The van der Waals surface area contributed by atoms with Crippen LogP contribution in [0.25, 0.3) is 0 Å². The summed E-state index contributed by atoms with van der Waals surface area (Å²) in [6.45, 7) is 3.78. The van der Waals surface area contributed by atoms with Gasteiger partial charge in [-0.2, -0.15) is 0 Å². The summed E-state index contributed by atoms with van der Waals surface area (Å²) in [5.41, 5.74) is 2.64. The minimum Gasteiger partial charge on any atom is -0.496 e. The van der Waals surface area contributed by atoms with E-state index in [1.807, 2.05) is 57.1 Å². The number of hydrogen-bond donors (Lipinski definition) is 1. The molecule has 0 atom stereocenters. The topological polar surface area (TPSA) is 67.3 Å². The molecule has 3 rings (SSSR count). The molecule has 0 aliphatic heterocycles. The summed E-state index contributed by atoms with van der Waals surface area (Å²) in [4.78, 5) is 23.8. The van der Waals surface area contributed by atoms with E-state index in [0.29, 0.717) is 11.6 Å². The van der Waals surface area contributed by atoms with Gasteiger partial charge in [-0.1, -0.05) is 18.2 Å². The average Bonchev–Trinajstić information content (AvgIpc) is 3.39. The lowest BCUT2D eigenvalue weighted by Gasteiger charge is -2.20. The summed E-state index contributed by atoms with van der Waals surface area (Å²) < 4.78 is 5.45. The number of aromatic nitrogens is 2. The maximum atomic E-state index is 13.1. The van der Waals surface area contributed by atoms with Crippen molar-refractivity contribution in [1.82, 2.24) is 9.97 Å². The predicted molar refractivity (Wildman–Crippen MR) is 98.4 cm³/mol. The third kappa shape index (κ3) is 3.04. The Morgan fingerprint density at radius 1 is 1.16 bits per heavy atom. The SMILES string of the molecule is COc1ccccc1C1(C(=O)Nc2c(C)nc(N(C)C)nc2C)CC1. The summed E-state index contributed by atoms with van der Waals surface area (Å²) in [6, 6.07) is 7.72. The molecule has 1 aliphatic carbocycles. The van der Waals surface area contributed by atoms with E-state index in [2.05, 4.69) is 15.3 Å². The first kappa shape index (κ1) is 17.2. The van der Waals surface area contributed by atoms with Crippen molar-refractivity contribution in [2.24, 2.45) is 0 Å². The summed E-state index contributed by atoms with van der Waals surface area (Å²) in [6.07, 6.45) is 1.63. The Morgan fingerprint density at radius 2 is 1.76 bits per heavy atom. The maximum Gasteiger partial charge on any atom is 0.235 e. The van der Waals surface area contributed by atoms with Gasteiger partial charge in [0.15, 0.2) is 0 Å². The zero-order valence-electron chi connectivity index (χ0n) is 15.4. The van der Waals surface area contributed by atoms with Crippen LogP contribution in [-0.4, -0.2) is 37.1 Å². The third-order valence-corrected chi connectivity index (χ3v) is 4.70. The van der Waals surface area contributed by atoms with E-state index in [1.165, 1.54) is 0 Å². The minimum absolute atomic E-state index is 0.0237. The number of ether oxygens (including phenoxy) is 1. The molecule has 6 heteroatoms. The summed E-state index contributed by atoms with van der Waals surface area (Å²) in [5.74, 6) is 1.37. The molecule has 25 heavy (non-hydrogen) atoms. The Kier molecular flexibility index (Phi) is 4.37. The summed E-state index contributed by atoms with van der Waals surface area (Å²) in [7, 11) is 5.43. The molecule has 1 aliphatic rings. The Morgan fingerprint density at radius 3 is 2.28 bits per heavy atom. The minimum atomic E-state index is -0.522. The van der Waals surface area contributed by atoms with E-state index in [0.717, 1.165) is 35.5 Å². The van der Waals surface area contributed by atoms with Gasteiger partial charge in [0.25, 0.3) is 0 Å². The lowest BCUT2D eigenvalue weighted by Crippen LogP contribution is -2.29. The molecule has 1 saturated carbocycles. The molecule has 1 aromatic heterocycles. The van der Waals surface area contributed by atoms with E-state index >= 15 is 0 Å². The van der Waals surface area contributed by atoms with Crippen molar-refractivity contribution in [3.63, 3.8) is 0 Å². The van der Waals surface area contributed by atoms with Crippen LogP contribution >= 0.6 is 0 Å². The fourth-order valence-electron chi connectivity index (χ4n) is 3.10. The van der Waals surface area contributed by atoms with Crippen LogP contribution in [-0.2, 0) is 10.2 Å². The molecule has 1 N–H and O–H groups in total. The highest BCUT2D eigenvalue weighted by Crippen LogP contribution is 2.52. The van der Waals surface area contributed by atoms with Gasteiger partial charge in [0.1, 0.15) is 5.75 Å². The fraction of sp³-hybridized carbons (Fsp3) is 0.421. The number of carbonyl (C=O) groups excluding carboxylic acids is 1. The van der Waals surface area contributed by atoms with Crippen LogP contribution in [0.15, 0.2) is 24.3 Å². The van der Waals surface area contributed by atoms with Crippen molar-refractivity contribution in [2.75, 3.05) is 31.4 Å². The van der Waals surface area contributed by atoms with Crippen molar-refractivity contribution in [2.45, 2.75) is 32.1 Å². The molecule has 1 amide bonds. The van der Waals surface area contributed by atoms with Gasteiger partial charge in [-0.15, -0.1) is 0 Å². The molecule has 0 unspecified atom stereocenters. The molecule has 1 heterocycles. The van der Waals surface area contributed by atoms with Gasteiger partial charge in [0, 0.05) is 19.7 Å². The lowest BCUT2D eigenvalue weighted by molar-refractivity contribution is -0.118. The van der Waals surface area contributed by atoms with Crippen LogP contribution < -0.4 is 15.0 Å². The normalized spacial score (nSPS) is 14.8. The number of hydrogen-bond acceptors (Lipinski definition) is 5. The molecular weight excluding hydrogens is 316 g/mol. The van der Waals surface area contributed by atoms with Crippen molar-refractivity contribution < 1.29 is 9.53 Å². The zero-order valence-corrected chi connectivity index (χ0v) is 15.4. The van der Waals surface area contributed by atoms with Gasteiger partial charge < -0.3 is 15.0 Å². The summed E-state index contributed by atoms with van der Waals surface area (Å²) >= 11 is 0. The monoisotopic (exact) mass is 340 g/mol. The molecule has 1 fully saturated rings. The second-order valence-electron chi connectivity index (χ2n) is 6.70. The number of benzene rings is 1. The van der Waals surface area contributed by atoms with Gasteiger partial charge in [0.05, 0.1) is 29.6 Å². The van der Waals surface area contributed by atoms with Crippen molar-refractivity contribution >= 4 is 17.5 Å². The van der Waals surface area contributed by atoms with E-state index in [-0.39, 0.29) is 5.91 Å². The Balaban J connectivity index is 1.90. The van der Waals surface area contributed by atoms with E-state index in [4.69, 9.17) is 4.74 Å². The first-order chi connectivity index (χ1) is 11.9.